The van der Waals surface area contributed by atoms with Crippen molar-refractivity contribution in [1.29, 1.82) is 0 Å². The summed E-state index contributed by atoms with van der Waals surface area (Å²) in [5, 5.41) is 14.6. The van der Waals surface area contributed by atoms with Crippen molar-refractivity contribution in [1.82, 2.24) is 10.2 Å². The number of hydrogen-bond donors (Lipinski definition) is 1. The number of carbonyl (C=O) groups is 2. The number of nitrogens with one attached hydrogen (secondary N) is 1. The molecule has 0 heterocycles. The van der Waals surface area contributed by atoms with Crippen molar-refractivity contribution in [3.8, 4) is 0 Å². The van der Waals surface area contributed by atoms with Crippen LogP contribution in [-0.2, 0) is 21.9 Å². The van der Waals surface area contributed by atoms with E-state index >= 15 is 0 Å². The maximum Gasteiger partial charge on any atom is 0.269 e. The zero-order valence-electron chi connectivity index (χ0n) is 18.9. The Morgan fingerprint density at radius 2 is 1.79 bits per heavy atom. The topological polar surface area (TPSA) is 92.6 Å². The molecule has 1 unspecified atom stereocenters. The first-order valence-electron chi connectivity index (χ1n) is 10.2. The molecule has 0 saturated carbocycles. The summed E-state index contributed by atoms with van der Waals surface area (Å²) >= 11 is 13.7. The van der Waals surface area contributed by atoms with E-state index < -0.39 is 16.5 Å². The fourth-order valence-electron chi connectivity index (χ4n) is 2.94. The Hall–Kier alpha value is -2.29. The van der Waals surface area contributed by atoms with Crippen LogP contribution in [-0.4, -0.2) is 39.0 Å². The van der Waals surface area contributed by atoms with Crippen LogP contribution >= 0.6 is 35.0 Å². The van der Waals surface area contributed by atoms with E-state index in [2.05, 4.69) is 5.32 Å². The average molecular weight is 512 g/mol. The van der Waals surface area contributed by atoms with Gasteiger partial charge in [0.25, 0.3) is 5.69 Å². The minimum atomic E-state index is -0.719. The molecule has 2 aromatic rings. The van der Waals surface area contributed by atoms with Gasteiger partial charge >= 0.3 is 0 Å². The van der Waals surface area contributed by atoms with Gasteiger partial charge in [0, 0.05) is 40.0 Å². The smallest absolute Gasteiger partial charge is 0.269 e. The molecular weight excluding hydrogens is 485 g/mol. The van der Waals surface area contributed by atoms with Gasteiger partial charge in [-0.1, -0.05) is 41.4 Å². The van der Waals surface area contributed by atoms with Crippen molar-refractivity contribution in [2.24, 2.45) is 0 Å². The number of nitro benzene ring substituents is 1. The van der Waals surface area contributed by atoms with Crippen LogP contribution in [0, 0.1) is 10.1 Å². The summed E-state index contributed by atoms with van der Waals surface area (Å²) in [5.74, 6) is 0.155. The molecule has 0 bridgehead atoms. The molecular formula is C23H27Cl2N3O4S. The highest BCUT2D eigenvalue weighted by Crippen LogP contribution is 2.24. The molecule has 10 heteroatoms. The Kier molecular flexibility index (Phi) is 9.57. The molecule has 2 aromatic carbocycles. The third-order valence-corrected chi connectivity index (χ3v) is 6.24. The average Bonchev–Trinajstić information content (AvgIpc) is 2.71. The molecule has 0 saturated heterocycles. The molecule has 1 N–H and O–H groups in total. The molecule has 2 rings (SSSR count). The summed E-state index contributed by atoms with van der Waals surface area (Å²) in [6, 6.07) is 10.5. The largest absolute Gasteiger partial charge is 0.350 e. The van der Waals surface area contributed by atoms with Crippen LogP contribution in [0.5, 0.6) is 0 Å². The lowest BCUT2D eigenvalue weighted by Crippen LogP contribution is -2.52. The van der Waals surface area contributed by atoms with Crippen LogP contribution in [0.25, 0.3) is 0 Å². The van der Waals surface area contributed by atoms with Gasteiger partial charge in [-0.3, -0.25) is 19.7 Å². The van der Waals surface area contributed by atoms with E-state index in [0.29, 0.717) is 21.4 Å². The molecule has 2 amide bonds. The van der Waals surface area contributed by atoms with Crippen LogP contribution in [0.4, 0.5) is 5.69 Å². The van der Waals surface area contributed by atoms with E-state index in [4.69, 9.17) is 23.2 Å². The second kappa shape index (κ2) is 11.7. The van der Waals surface area contributed by atoms with Gasteiger partial charge in [-0.25, -0.2) is 0 Å². The number of carbonyl (C=O) groups excluding carboxylic acids is 2. The number of nitrogens with zero attached hydrogens (tertiary/aromatic N) is 2. The van der Waals surface area contributed by atoms with Gasteiger partial charge in [0.15, 0.2) is 0 Å². The molecule has 178 valence electrons. The Bertz CT molecular complexity index is 1010. The van der Waals surface area contributed by atoms with E-state index in [0.717, 1.165) is 5.56 Å². The normalized spacial score (nSPS) is 12.2. The Morgan fingerprint density at radius 3 is 2.33 bits per heavy atom. The highest BCUT2D eigenvalue weighted by atomic mass is 35.5. The Morgan fingerprint density at radius 1 is 1.15 bits per heavy atom. The number of benzene rings is 2. The van der Waals surface area contributed by atoms with E-state index in [1.165, 1.54) is 28.8 Å². The predicted octanol–water partition coefficient (Wildman–Crippen LogP) is 5.47. The number of halogens is 2. The van der Waals surface area contributed by atoms with E-state index in [1.807, 2.05) is 20.8 Å². The van der Waals surface area contributed by atoms with Gasteiger partial charge in [-0.05, 0) is 51.0 Å². The van der Waals surface area contributed by atoms with Crippen LogP contribution in [0.3, 0.4) is 0 Å². The molecule has 33 heavy (non-hydrogen) atoms. The van der Waals surface area contributed by atoms with Crippen LogP contribution in [0.2, 0.25) is 10.0 Å². The summed E-state index contributed by atoms with van der Waals surface area (Å²) in [7, 11) is 0. The molecule has 0 radical (unpaired) electrons. The Labute approximate surface area is 208 Å². The zero-order chi connectivity index (χ0) is 24.8. The van der Waals surface area contributed by atoms with Crippen molar-refractivity contribution in [2.75, 3.05) is 5.75 Å². The summed E-state index contributed by atoms with van der Waals surface area (Å²) in [5.41, 5.74) is 1.13. The first-order chi connectivity index (χ1) is 15.4. The van der Waals surface area contributed by atoms with Gasteiger partial charge in [0.1, 0.15) is 6.04 Å². The fourth-order valence-corrected chi connectivity index (χ4v) is 4.28. The number of non-ortho nitro benzene ring substituents is 1. The summed E-state index contributed by atoms with van der Waals surface area (Å²) in [4.78, 5) is 37.8. The highest BCUT2D eigenvalue weighted by molar-refractivity contribution is 7.99. The molecule has 0 fully saturated rings. The number of amides is 2. The SMILES string of the molecule is CC(C(=O)NC(C)(C)C)N(Cc1ccc(Cl)cc1Cl)C(=O)CSCc1ccc([N+](=O)[O-])cc1. The van der Waals surface area contributed by atoms with E-state index in [1.54, 1.807) is 37.3 Å². The van der Waals surface area contributed by atoms with Crippen LogP contribution in [0.1, 0.15) is 38.8 Å². The van der Waals surface area contributed by atoms with Crippen molar-refractivity contribution in [2.45, 2.75) is 51.6 Å². The fraction of sp³-hybridized carbons (Fsp3) is 0.391. The van der Waals surface area contributed by atoms with E-state index in [-0.39, 0.29) is 29.8 Å². The number of nitro groups is 1. The minimum absolute atomic E-state index is 0.0181. The second-order valence-electron chi connectivity index (χ2n) is 8.59. The van der Waals surface area contributed by atoms with Gasteiger partial charge in [0.2, 0.25) is 11.8 Å². The van der Waals surface area contributed by atoms with Crippen molar-refractivity contribution < 1.29 is 14.5 Å². The third kappa shape index (κ3) is 8.53. The first kappa shape index (κ1) is 27.0. The monoisotopic (exact) mass is 511 g/mol. The summed E-state index contributed by atoms with van der Waals surface area (Å²) in [6.07, 6.45) is 0. The van der Waals surface area contributed by atoms with Gasteiger partial charge in [-0.15, -0.1) is 11.8 Å². The molecule has 0 aliphatic carbocycles. The number of thioether (sulfide) groups is 1. The van der Waals surface area contributed by atoms with Gasteiger partial charge < -0.3 is 10.2 Å². The number of hydrogen-bond acceptors (Lipinski definition) is 5. The highest BCUT2D eigenvalue weighted by Gasteiger charge is 2.28. The molecule has 0 aliphatic heterocycles. The first-order valence-corrected chi connectivity index (χ1v) is 12.1. The minimum Gasteiger partial charge on any atom is -0.350 e. The summed E-state index contributed by atoms with van der Waals surface area (Å²) < 4.78 is 0. The molecule has 7 nitrogen and oxygen atoms in total. The van der Waals surface area contributed by atoms with Crippen LogP contribution in [0.15, 0.2) is 42.5 Å². The lowest BCUT2D eigenvalue weighted by molar-refractivity contribution is -0.384. The maximum absolute atomic E-state index is 13.1. The third-order valence-electron chi connectivity index (χ3n) is 4.66. The quantitative estimate of drug-likeness (QED) is 0.356. The summed E-state index contributed by atoms with van der Waals surface area (Å²) in [6.45, 7) is 7.47. The standard InChI is InChI=1S/C23H27Cl2N3O4S/c1-15(22(30)26-23(2,3)4)27(12-17-7-8-18(24)11-20(17)25)21(29)14-33-13-16-5-9-19(10-6-16)28(31)32/h5-11,15H,12-14H2,1-4H3,(H,26,30). The predicted molar refractivity (Wildman–Crippen MR) is 134 cm³/mol. The van der Waals surface area contributed by atoms with Gasteiger partial charge in [0.05, 0.1) is 10.7 Å². The van der Waals surface area contributed by atoms with E-state index in [9.17, 15) is 19.7 Å². The van der Waals surface area contributed by atoms with Crippen molar-refractivity contribution in [3.63, 3.8) is 0 Å². The molecule has 0 aliphatic rings. The molecule has 1 atom stereocenters. The van der Waals surface area contributed by atoms with Crippen molar-refractivity contribution in [3.05, 3.63) is 73.8 Å². The second-order valence-corrected chi connectivity index (χ2v) is 10.4. The lowest BCUT2D eigenvalue weighted by atomic mass is 10.1. The zero-order valence-corrected chi connectivity index (χ0v) is 21.3. The van der Waals surface area contributed by atoms with Crippen molar-refractivity contribution >= 4 is 52.5 Å². The van der Waals surface area contributed by atoms with Gasteiger partial charge in [-0.2, -0.15) is 0 Å². The Balaban J connectivity index is 2.12. The number of rotatable bonds is 9. The molecule has 0 aromatic heterocycles. The lowest BCUT2D eigenvalue weighted by Gasteiger charge is -2.31. The maximum atomic E-state index is 13.1. The van der Waals surface area contributed by atoms with Crippen LogP contribution < -0.4 is 5.32 Å². The molecule has 0 spiro atoms.